The molecule has 0 aliphatic rings. The average Bonchev–Trinajstić information content (AvgIpc) is 3.21. The van der Waals surface area contributed by atoms with Gasteiger partial charge in [0.15, 0.2) is 27.0 Å². The summed E-state index contributed by atoms with van der Waals surface area (Å²) in [6, 6.07) is 12.0. The minimum Gasteiger partial charge on any atom is -0.490 e. The van der Waals surface area contributed by atoms with Crippen molar-refractivity contribution in [2.75, 3.05) is 12.9 Å². The minimum atomic E-state index is -3.40. The van der Waals surface area contributed by atoms with E-state index in [9.17, 15) is 8.42 Å². The zero-order chi connectivity index (χ0) is 23.5. The molecule has 1 aromatic heterocycles. The summed E-state index contributed by atoms with van der Waals surface area (Å²) in [5, 5.41) is 1.01. The average molecular weight is 496 g/mol. The van der Waals surface area contributed by atoms with E-state index in [0.29, 0.717) is 41.0 Å². The second kappa shape index (κ2) is 9.86. The molecule has 0 radical (unpaired) electrons. The van der Waals surface area contributed by atoms with Crippen LogP contribution in [0.4, 0.5) is 0 Å². The van der Waals surface area contributed by atoms with Gasteiger partial charge in [-0.2, -0.15) is 0 Å². The van der Waals surface area contributed by atoms with Crippen molar-refractivity contribution in [3.8, 4) is 5.75 Å². The van der Waals surface area contributed by atoms with Crippen LogP contribution in [0, 0.1) is 0 Å². The third-order valence-electron chi connectivity index (χ3n) is 5.44. The highest BCUT2D eigenvalue weighted by molar-refractivity contribution is 7.90. The Kier molecular flexibility index (Phi) is 7.58. The highest BCUT2D eigenvalue weighted by Crippen LogP contribution is 2.40. The van der Waals surface area contributed by atoms with Crippen LogP contribution in [-0.2, 0) is 28.1 Å². The van der Waals surface area contributed by atoms with Crippen LogP contribution in [-0.4, -0.2) is 26.3 Å². The Morgan fingerprint density at radius 3 is 2.22 bits per heavy atom. The Bertz CT molecular complexity index is 1160. The van der Waals surface area contributed by atoms with E-state index in [-0.39, 0.29) is 10.4 Å². The second-order valence-corrected chi connectivity index (χ2v) is 11.0. The van der Waals surface area contributed by atoms with E-state index in [1.807, 2.05) is 31.2 Å². The number of ether oxygens (including phenoxy) is 1. The van der Waals surface area contributed by atoms with Crippen molar-refractivity contribution >= 4 is 33.0 Å². The van der Waals surface area contributed by atoms with E-state index < -0.39 is 9.84 Å². The number of hydrogen-bond acceptors (Lipinski definition) is 5. The van der Waals surface area contributed by atoms with Gasteiger partial charge in [-0.05, 0) is 41.7 Å². The van der Waals surface area contributed by atoms with Gasteiger partial charge in [0.2, 0.25) is 0 Å². The smallest absolute Gasteiger partial charge is 0.196 e. The molecule has 0 amide bonds. The molecule has 0 aliphatic carbocycles. The van der Waals surface area contributed by atoms with Gasteiger partial charge in [-0.15, -0.1) is 0 Å². The molecule has 0 fully saturated rings. The fourth-order valence-electron chi connectivity index (χ4n) is 3.50. The third kappa shape index (κ3) is 5.48. The van der Waals surface area contributed by atoms with E-state index in [1.54, 1.807) is 0 Å². The van der Waals surface area contributed by atoms with Gasteiger partial charge in [0.25, 0.3) is 0 Å². The van der Waals surface area contributed by atoms with Gasteiger partial charge in [-0.1, -0.05) is 68.2 Å². The second-order valence-electron chi connectivity index (χ2n) is 8.29. The number of rotatable bonds is 9. The molecule has 0 bridgehead atoms. The lowest BCUT2D eigenvalue weighted by molar-refractivity contribution is 0.317. The molecule has 3 aromatic rings. The van der Waals surface area contributed by atoms with Gasteiger partial charge in [-0.3, -0.25) is 0 Å². The van der Waals surface area contributed by atoms with Crippen LogP contribution in [0.15, 0.2) is 52.2 Å². The Morgan fingerprint density at radius 2 is 1.66 bits per heavy atom. The number of benzene rings is 2. The third-order valence-corrected chi connectivity index (χ3v) is 7.04. The monoisotopic (exact) mass is 495 g/mol. The van der Waals surface area contributed by atoms with Crippen molar-refractivity contribution in [3.05, 3.63) is 75.3 Å². The molecule has 0 saturated heterocycles. The van der Waals surface area contributed by atoms with Crippen molar-refractivity contribution in [1.29, 1.82) is 0 Å². The summed E-state index contributed by atoms with van der Waals surface area (Å²) in [4.78, 5) is 3.83. The van der Waals surface area contributed by atoms with E-state index in [4.69, 9.17) is 32.4 Å². The Hall–Kier alpha value is -2.02. The van der Waals surface area contributed by atoms with Gasteiger partial charge < -0.3 is 9.15 Å². The lowest BCUT2D eigenvalue weighted by atomic mass is 9.78. The predicted octanol–water partition coefficient (Wildman–Crippen LogP) is 6.28. The number of oxazole rings is 1. The highest BCUT2D eigenvalue weighted by atomic mass is 35.5. The van der Waals surface area contributed by atoms with E-state index in [2.05, 4.69) is 31.0 Å². The molecule has 1 heterocycles. The summed E-state index contributed by atoms with van der Waals surface area (Å²) in [6.45, 7) is 6.81. The van der Waals surface area contributed by atoms with Crippen molar-refractivity contribution in [1.82, 2.24) is 4.98 Å². The van der Waals surface area contributed by atoms with E-state index in [0.717, 1.165) is 29.4 Å². The quantitative estimate of drug-likeness (QED) is 0.349. The van der Waals surface area contributed by atoms with Crippen LogP contribution < -0.4 is 4.74 Å². The van der Waals surface area contributed by atoms with Crippen molar-refractivity contribution < 1.29 is 17.6 Å². The van der Waals surface area contributed by atoms with Crippen LogP contribution in [0.3, 0.4) is 0 Å². The van der Waals surface area contributed by atoms with Gasteiger partial charge in [-0.25, -0.2) is 13.4 Å². The van der Waals surface area contributed by atoms with Crippen molar-refractivity contribution in [2.24, 2.45) is 0 Å². The number of nitrogens with zero attached hydrogens (tertiary/aromatic N) is 1. The minimum absolute atomic E-state index is 0.00961. The number of halogens is 2. The molecular formula is C24H27Cl2NO4S. The first-order chi connectivity index (χ1) is 15.0. The summed E-state index contributed by atoms with van der Waals surface area (Å²) >= 11 is 12.9. The fourth-order valence-corrected chi connectivity index (χ4v) is 4.90. The first-order valence-electron chi connectivity index (χ1n) is 10.4. The number of sulfone groups is 1. The van der Waals surface area contributed by atoms with E-state index >= 15 is 0 Å². The van der Waals surface area contributed by atoms with Crippen LogP contribution in [0.1, 0.15) is 49.6 Å². The van der Waals surface area contributed by atoms with Gasteiger partial charge in [0.05, 0.1) is 16.7 Å². The molecule has 8 heteroatoms. The molecule has 32 heavy (non-hydrogen) atoms. The summed E-state index contributed by atoms with van der Waals surface area (Å²) in [5.41, 5.74) is 2.83. The Morgan fingerprint density at radius 1 is 1.03 bits per heavy atom. The molecule has 0 atom stereocenters. The van der Waals surface area contributed by atoms with Gasteiger partial charge in [0.1, 0.15) is 5.76 Å². The molecule has 2 aromatic carbocycles. The summed E-state index contributed by atoms with van der Waals surface area (Å²) < 4.78 is 34.5. The zero-order valence-electron chi connectivity index (χ0n) is 18.6. The molecule has 0 N–H and O–H groups in total. The molecule has 0 saturated carbocycles. The lowest BCUT2D eigenvalue weighted by Crippen LogP contribution is -2.19. The number of hydrogen-bond donors (Lipinski definition) is 0. The van der Waals surface area contributed by atoms with Crippen LogP contribution in [0.25, 0.3) is 0 Å². The summed E-state index contributed by atoms with van der Waals surface area (Å²) in [7, 11) is -3.40. The molecular weight excluding hydrogens is 469 g/mol. The van der Waals surface area contributed by atoms with Crippen LogP contribution in [0.2, 0.25) is 10.0 Å². The van der Waals surface area contributed by atoms with E-state index in [1.165, 1.54) is 6.39 Å². The standard InChI is InChI=1S/C24H27Cl2NO4S/c1-5-12-30-22-19(25)13-18(14-20(22)26)24(2,3)17-9-6-16(7-10-17)8-11-21-23(27-15-31-21)32(4,28)29/h6-7,9-10,13-15H,5,8,11-12H2,1-4H3. The Balaban J connectivity index is 1.77. The number of aromatic nitrogens is 1. The van der Waals surface area contributed by atoms with Gasteiger partial charge in [0, 0.05) is 18.1 Å². The SMILES string of the molecule is CCCOc1c(Cl)cc(C(C)(C)c2ccc(CCc3ocnc3S(C)(=O)=O)cc2)cc1Cl. The fraction of sp³-hybridized carbons (Fsp3) is 0.375. The largest absolute Gasteiger partial charge is 0.490 e. The molecule has 0 spiro atoms. The van der Waals surface area contributed by atoms with Crippen LogP contribution in [0.5, 0.6) is 5.75 Å². The Labute approximate surface area is 199 Å². The molecule has 0 aliphatic heterocycles. The first-order valence-corrected chi connectivity index (χ1v) is 13.0. The van der Waals surface area contributed by atoms with Crippen molar-refractivity contribution in [3.63, 3.8) is 0 Å². The maximum Gasteiger partial charge on any atom is 0.196 e. The summed E-state index contributed by atoms with van der Waals surface area (Å²) in [5.74, 6) is 0.900. The molecule has 5 nitrogen and oxygen atoms in total. The topological polar surface area (TPSA) is 69.4 Å². The maximum atomic E-state index is 11.8. The summed E-state index contributed by atoms with van der Waals surface area (Å²) in [6.07, 6.45) is 4.27. The van der Waals surface area contributed by atoms with Gasteiger partial charge >= 0.3 is 0 Å². The van der Waals surface area contributed by atoms with Crippen LogP contribution >= 0.6 is 23.2 Å². The first kappa shape index (κ1) is 24.6. The molecule has 0 unspecified atom stereocenters. The lowest BCUT2D eigenvalue weighted by Gasteiger charge is -2.27. The normalized spacial score (nSPS) is 12.2. The predicted molar refractivity (Wildman–Crippen MR) is 128 cm³/mol. The highest BCUT2D eigenvalue weighted by Gasteiger charge is 2.26. The number of aryl methyl sites for hydroxylation is 2. The maximum absolute atomic E-state index is 11.8. The van der Waals surface area contributed by atoms with Crippen molar-refractivity contribution in [2.45, 2.75) is 50.5 Å². The molecule has 3 rings (SSSR count). The zero-order valence-corrected chi connectivity index (χ0v) is 20.9. The molecule has 172 valence electrons.